The van der Waals surface area contributed by atoms with Gasteiger partial charge in [0.25, 0.3) is 0 Å². The minimum Gasteiger partial charge on any atom is -0.492 e. The normalized spacial score (nSPS) is 15.9. The van der Waals surface area contributed by atoms with Crippen LogP contribution in [0.2, 0.25) is 5.02 Å². The number of nitrogens with one attached hydrogen (secondary N) is 1. The first-order chi connectivity index (χ1) is 9.29. The van der Waals surface area contributed by atoms with E-state index in [4.69, 9.17) is 16.3 Å². The molecule has 0 spiro atoms. The van der Waals surface area contributed by atoms with Crippen molar-refractivity contribution >= 4 is 11.6 Å². The van der Waals surface area contributed by atoms with Crippen LogP contribution in [0.1, 0.15) is 44.6 Å². The van der Waals surface area contributed by atoms with Gasteiger partial charge in [-0.2, -0.15) is 0 Å². The van der Waals surface area contributed by atoms with Gasteiger partial charge in [-0.3, -0.25) is 0 Å². The van der Waals surface area contributed by atoms with Crippen LogP contribution in [-0.2, 0) is 6.54 Å². The molecule has 1 aliphatic carbocycles. The van der Waals surface area contributed by atoms with Gasteiger partial charge in [0.15, 0.2) is 0 Å². The van der Waals surface area contributed by atoms with E-state index in [1.165, 1.54) is 31.2 Å². The van der Waals surface area contributed by atoms with E-state index in [1.54, 1.807) is 0 Å². The second kappa shape index (κ2) is 7.76. The third kappa shape index (κ3) is 4.70. The molecule has 1 aromatic rings. The quantitative estimate of drug-likeness (QED) is 0.748. The SMILES string of the molecule is CCCNCc1ccc(OCC2CCCC2)c(Cl)c1. The lowest BCUT2D eigenvalue weighted by Gasteiger charge is -2.13. The second-order valence-electron chi connectivity index (χ2n) is 5.40. The molecule has 0 aromatic heterocycles. The Morgan fingerprint density at radius 3 is 2.79 bits per heavy atom. The Morgan fingerprint density at radius 1 is 1.32 bits per heavy atom. The minimum atomic E-state index is 0.724. The molecule has 2 nitrogen and oxygen atoms in total. The Balaban J connectivity index is 1.83. The Morgan fingerprint density at radius 2 is 2.11 bits per heavy atom. The smallest absolute Gasteiger partial charge is 0.137 e. The van der Waals surface area contributed by atoms with Gasteiger partial charge in [-0.15, -0.1) is 0 Å². The first-order valence-electron chi connectivity index (χ1n) is 7.41. The number of benzene rings is 1. The monoisotopic (exact) mass is 281 g/mol. The van der Waals surface area contributed by atoms with Gasteiger partial charge >= 0.3 is 0 Å². The molecule has 3 heteroatoms. The highest BCUT2D eigenvalue weighted by atomic mass is 35.5. The van der Waals surface area contributed by atoms with Crippen LogP contribution < -0.4 is 10.1 Å². The summed E-state index contributed by atoms with van der Waals surface area (Å²) in [6, 6.07) is 6.10. The highest BCUT2D eigenvalue weighted by Crippen LogP contribution is 2.29. The van der Waals surface area contributed by atoms with E-state index in [0.717, 1.165) is 42.8 Å². The molecule has 0 aliphatic heterocycles. The van der Waals surface area contributed by atoms with Crippen LogP contribution in [0.15, 0.2) is 18.2 Å². The summed E-state index contributed by atoms with van der Waals surface area (Å²) in [7, 11) is 0. The zero-order chi connectivity index (χ0) is 13.5. The predicted octanol–water partition coefficient (Wildman–Crippen LogP) is 4.41. The lowest BCUT2D eigenvalue weighted by Crippen LogP contribution is -2.13. The van der Waals surface area contributed by atoms with E-state index in [2.05, 4.69) is 18.3 Å². The van der Waals surface area contributed by atoms with Crippen LogP contribution in [0.3, 0.4) is 0 Å². The molecule has 106 valence electrons. The summed E-state index contributed by atoms with van der Waals surface area (Å²) >= 11 is 6.27. The van der Waals surface area contributed by atoms with Gasteiger partial charge in [-0.25, -0.2) is 0 Å². The maximum absolute atomic E-state index is 6.27. The number of rotatable bonds is 7. The second-order valence-corrected chi connectivity index (χ2v) is 5.81. The lowest BCUT2D eigenvalue weighted by molar-refractivity contribution is 0.252. The first kappa shape index (κ1) is 14.7. The Hall–Kier alpha value is -0.730. The van der Waals surface area contributed by atoms with Crippen LogP contribution >= 0.6 is 11.6 Å². The summed E-state index contributed by atoms with van der Waals surface area (Å²) in [6.07, 6.45) is 6.46. The third-order valence-electron chi connectivity index (χ3n) is 3.70. The van der Waals surface area contributed by atoms with Gasteiger partial charge in [-0.1, -0.05) is 37.4 Å². The molecule has 0 saturated heterocycles. The average molecular weight is 282 g/mol. The molecule has 2 rings (SSSR count). The molecular formula is C16H24ClNO. The molecule has 1 aliphatic rings. The zero-order valence-electron chi connectivity index (χ0n) is 11.8. The fraction of sp³-hybridized carbons (Fsp3) is 0.625. The van der Waals surface area contributed by atoms with E-state index in [-0.39, 0.29) is 0 Å². The van der Waals surface area contributed by atoms with Crippen molar-refractivity contribution in [2.45, 2.75) is 45.6 Å². The standard InChI is InChI=1S/C16H24ClNO/c1-2-9-18-11-14-7-8-16(15(17)10-14)19-12-13-5-3-4-6-13/h7-8,10,13,18H,2-6,9,11-12H2,1H3. The molecule has 0 bridgehead atoms. The summed E-state index contributed by atoms with van der Waals surface area (Å²) < 4.78 is 5.85. The molecule has 0 unspecified atom stereocenters. The molecule has 0 radical (unpaired) electrons. The van der Waals surface area contributed by atoms with Crippen molar-refractivity contribution in [1.29, 1.82) is 0 Å². The Bertz CT molecular complexity index is 388. The van der Waals surface area contributed by atoms with Gasteiger partial charge in [0.1, 0.15) is 5.75 Å². The van der Waals surface area contributed by atoms with E-state index in [1.807, 2.05) is 12.1 Å². The summed E-state index contributed by atoms with van der Waals surface area (Å²) in [5.41, 5.74) is 1.21. The molecule has 0 atom stereocenters. The van der Waals surface area contributed by atoms with Crippen molar-refractivity contribution in [3.05, 3.63) is 28.8 Å². The van der Waals surface area contributed by atoms with E-state index in [0.29, 0.717) is 0 Å². The van der Waals surface area contributed by atoms with E-state index in [9.17, 15) is 0 Å². The fourth-order valence-corrected chi connectivity index (χ4v) is 2.82. The molecule has 19 heavy (non-hydrogen) atoms. The van der Waals surface area contributed by atoms with Crippen LogP contribution in [0.25, 0.3) is 0 Å². The predicted molar refractivity (Wildman–Crippen MR) is 80.9 cm³/mol. The summed E-state index contributed by atoms with van der Waals surface area (Å²) in [5.74, 6) is 1.55. The van der Waals surface area contributed by atoms with Crippen molar-refractivity contribution < 1.29 is 4.74 Å². The highest BCUT2D eigenvalue weighted by molar-refractivity contribution is 6.32. The topological polar surface area (TPSA) is 21.3 Å². The molecule has 0 heterocycles. The number of ether oxygens (including phenoxy) is 1. The Labute approximate surface area is 121 Å². The number of halogens is 1. The molecule has 1 saturated carbocycles. The lowest BCUT2D eigenvalue weighted by atomic mass is 10.1. The van der Waals surface area contributed by atoms with E-state index < -0.39 is 0 Å². The summed E-state index contributed by atoms with van der Waals surface area (Å²) in [5, 5.41) is 4.11. The van der Waals surface area contributed by atoms with Crippen LogP contribution in [0.5, 0.6) is 5.75 Å². The van der Waals surface area contributed by atoms with Crippen molar-refractivity contribution in [2.75, 3.05) is 13.2 Å². The van der Waals surface area contributed by atoms with Crippen LogP contribution in [0, 0.1) is 5.92 Å². The number of hydrogen-bond donors (Lipinski definition) is 1. The summed E-state index contributed by atoms with van der Waals surface area (Å²) in [6.45, 7) is 4.89. The fourth-order valence-electron chi connectivity index (χ4n) is 2.57. The number of hydrogen-bond acceptors (Lipinski definition) is 2. The molecule has 1 fully saturated rings. The first-order valence-corrected chi connectivity index (χ1v) is 7.79. The van der Waals surface area contributed by atoms with Gasteiger partial charge in [-0.05, 0) is 49.4 Å². The van der Waals surface area contributed by atoms with Crippen molar-refractivity contribution in [2.24, 2.45) is 5.92 Å². The van der Waals surface area contributed by atoms with Crippen molar-refractivity contribution in [3.8, 4) is 5.75 Å². The minimum absolute atomic E-state index is 0.724. The van der Waals surface area contributed by atoms with E-state index >= 15 is 0 Å². The third-order valence-corrected chi connectivity index (χ3v) is 4.00. The van der Waals surface area contributed by atoms with Crippen molar-refractivity contribution in [1.82, 2.24) is 5.32 Å². The zero-order valence-corrected chi connectivity index (χ0v) is 12.5. The van der Waals surface area contributed by atoms with Gasteiger partial charge in [0.05, 0.1) is 11.6 Å². The van der Waals surface area contributed by atoms with Gasteiger partial charge in [0, 0.05) is 6.54 Å². The largest absolute Gasteiger partial charge is 0.492 e. The summed E-state index contributed by atoms with van der Waals surface area (Å²) in [4.78, 5) is 0. The molecule has 1 aromatic carbocycles. The average Bonchev–Trinajstić information content (AvgIpc) is 2.91. The van der Waals surface area contributed by atoms with Gasteiger partial charge in [0.2, 0.25) is 0 Å². The molecular weight excluding hydrogens is 258 g/mol. The maximum Gasteiger partial charge on any atom is 0.137 e. The highest BCUT2D eigenvalue weighted by Gasteiger charge is 2.16. The van der Waals surface area contributed by atoms with Crippen molar-refractivity contribution in [3.63, 3.8) is 0 Å². The Kier molecular flexibility index (Phi) is 5.99. The van der Waals surface area contributed by atoms with Gasteiger partial charge < -0.3 is 10.1 Å². The maximum atomic E-state index is 6.27. The molecule has 1 N–H and O–H groups in total. The van der Waals surface area contributed by atoms with Crippen LogP contribution in [0.4, 0.5) is 0 Å². The molecule has 0 amide bonds. The van der Waals surface area contributed by atoms with Crippen LogP contribution in [-0.4, -0.2) is 13.2 Å².